The molecule has 0 radical (unpaired) electrons. The van der Waals surface area contributed by atoms with E-state index in [9.17, 15) is 4.79 Å². The van der Waals surface area contributed by atoms with Crippen molar-refractivity contribution in [3.63, 3.8) is 0 Å². The van der Waals surface area contributed by atoms with E-state index in [-0.39, 0.29) is 42.5 Å². The average Bonchev–Trinajstić information content (AvgIpc) is 3.20. The number of nitrogens with one attached hydrogen (secondary N) is 2. The van der Waals surface area contributed by atoms with Gasteiger partial charge in [0.25, 0.3) is 0 Å². The van der Waals surface area contributed by atoms with Gasteiger partial charge in [0.1, 0.15) is 12.3 Å². The second kappa shape index (κ2) is 12.8. The summed E-state index contributed by atoms with van der Waals surface area (Å²) < 4.78 is 5.60. The molecular weight excluding hydrogens is 469 g/mol. The number of carbonyl (C=O) groups excluding carboxylic acids is 1. The van der Waals surface area contributed by atoms with E-state index < -0.39 is 0 Å². The Labute approximate surface area is 185 Å². The Morgan fingerprint density at radius 1 is 1.25 bits per heavy atom. The summed E-state index contributed by atoms with van der Waals surface area (Å²) in [4.78, 5) is 20.3. The number of guanidine groups is 1. The van der Waals surface area contributed by atoms with Crippen LogP contribution in [0.2, 0.25) is 0 Å². The minimum Gasteiger partial charge on any atom is -0.496 e. The fraction of sp³-hybridized carbons (Fsp3) is 0.600. The van der Waals surface area contributed by atoms with Crippen LogP contribution < -0.4 is 15.4 Å². The van der Waals surface area contributed by atoms with Gasteiger partial charge >= 0.3 is 0 Å². The number of hydrogen-bond donors (Lipinski definition) is 2. The standard InChI is InChI=1S/C20H33N5O2.HI/c1-5-21-20(23-15-19(26)24(2)3)22-14-17(25-12-8-9-13-25)16-10-6-7-11-18(16)27-4;/h6-7,10-11,17H,5,8-9,12-15H2,1-4H3,(H2,21,22,23);1H. The first-order valence-corrected chi connectivity index (χ1v) is 9.66. The van der Waals surface area contributed by atoms with Crippen molar-refractivity contribution in [2.24, 2.45) is 4.99 Å². The van der Waals surface area contributed by atoms with Crippen molar-refractivity contribution in [1.82, 2.24) is 20.4 Å². The van der Waals surface area contributed by atoms with Crippen LogP contribution in [0, 0.1) is 0 Å². The van der Waals surface area contributed by atoms with Gasteiger partial charge in [0, 0.05) is 32.7 Å². The lowest BCUT2D eigenvalue weighted by Gasteiger charge is -2.30. The summed E-state index contributed by atoms with van der Waals surface area (Å²) in [7, 11) is 5.19. The van der Waals surface area contributed by atoms with Gasteiger partial charge in [-0.1, -0.05) is 18.2 Å². The molecule has 1 saturated heterocycles. The zero-order valence-electron chi connectivity index (χ0n) is 17.4. The van der Waals surface area contributed by atoms with Crippen molar-refractivity contribution in [2.75, 3.05) is 53.9 Å². The van der Waals surface area contributed by atoms with Crippen LogP contribution in [0.25, 0.3) is 0 Å². The molecule has 1 aliphatic rings. The summed E-state index contributed by atoms with van der Waals surface area (Å²) in [5.41, 5.74) is 1.18. The SMILES string of the molecule is CCNC(=NCC(=O)N(C)C)NCC(c1ccccc1OC)N1CCCC1.I. The lowest BCUT2D eigenvalue weighted by molar-refractivity contribution is -0.127. The van der Waals surface area contributed by atoms with Crippen LogP contribution in [0.15, 0.2) is 29.3 Å². The molecule has 1 fully saturated rings. The molecule has 1 heterocycles. The minimum absolute atomic E-state index is 0. The number of hydrogen-bond acceptors (Lipinski definition) is 4. The van der Waals surface area contributed by atoms with Crippen molar-refractivity contribution in [2.45, 2.75) is 25.8 Å². The third-order valence-corrected chi connectivity index (χ3v) is 4.76. The highest BCUT2D eigenvalue weighted by molar-refractivity contribution is 14.0. The van der Waals surface area contributed by atoms with Crippen LogP contribution in [0.4, 0.5) is 0 Å². The molecule has 2 rings (SSSR count). The lowest BCUT2D eigenvalue weighted by atomic mass is 10.0. The molecule has 2 N–H and O–H groups in total. The number of benzene rings is 1. The lowest BCUT2D eigenvalue weighted by Crippen LogP contribution is -2.43. The molecule has 0 aromatic heterocycles. The van der Waals surface area contributed by atoms with Crippen LogP contribution in [-0.4, -0.2) is 75.6 Å². The van der Waals surface area contributed by atoms with E-state index in [0.717, 1.165) is 25.4 Å². The van der Waals surface area contributed by atoms with Gasteiger partial charge in [-0.3, -0.25) is 9.69 Å². The summed E-state index contributed by atoms with van der Waals surface area (Å²) in [5, 5.41) is 6.63. The predicted octanol–water partition coefficient (Wildman–Crippen LogP) is 2.09. The largest absolute Gasteiger partial charge is 0.496 e. The molecule has 1 amide bonds. The van der Waals surface area contributed by atoms with Gasteiger partial charge in [-0.2, -0.15) is 0 Å². The number of ether oxygens (including phenoxy) is 1. The van der Waals surface area contributed by atoms with Crippen molar-refractivity contribution < 1.29 is 9.53 Å². The fourth-order valence-corrected chi connectivity index (χ4v) is 3.25. The molecule has 8 heteroatoms. The number of aliphatic imine (C=N–C) groups is 1. The third-order valence-electron chi connectivity index (χ3n) is 4.76. The van der Waals surface area contributed by atoms with E-state index in [1.165, 1.54) is 18.4 Å². The molecule has 1 aliphatic heterocycles. The first-order valence-electron chi connectivity index (χ1n) is 9.66. The third kappa shape index (κ3) is 7.12. The number of methoxy groups -OCH3 is 1. The van der Waals surface area contributed by atoms with E-state index in [1.807, 2.05) is 19.1 Å². The molecule has 28 heavy (non-hydrogen) atoms. The number of rotatable bonds is 8. The van der Waals surface area contributed by atoms with E-state index >= 15 is 0 Å². The summed E-state index contributed by atoms with van der Waals surface area (Å²) in [6.07, 6.45) is 2.44. The number of halogens is 1. The van der Waals surface area contributed by atoms with Crippen molar-refractivity contribution in [3.05, 3.63) is 29.8 Å². The minimum atomic E-state index is -0.0203. The molecule has 1 aromatic carbocycles. The molecule has 7 nitrogen and oxygen atoms in total. The maximum Gasteiger partial charge on any atom is 0.243 e. The highest BCUT2D eigenvalue weighted by Gasteiger charge is 2.26. The highest BCUT2D eigenvalue weighted by atomic mass is 127. The Hall–Kier alpha value is -1.55. The quantitative estimate of drug-likeness (QED) is 0.323. The number of amides is 1. The van der Waals surface area contributed by atoms with Crippen LogP contribution in [0.1, 0.15) is 31.4 Å². The first-order chi connectivity index (χ1) is 13.1. The molecule has 158 valence electrons. The van der Waals surface area contributed by atoms with E-state index in [0.29, 0.717) is 12.5 Å². The summed E-state index contributed by atoms with van der Waals surface area (Å²) in [5.74, 6) is 1.54. The van der Waals surface area contributed by atoms with Gasteiger partial charge < -0.3 is 20.3 Å². The average molecular weight is 503 g/mol. The van der Waals surface area contributed by atoms with Crippen molar-refractivity contribution in [3.8, 4) is 5.75 Å². The van der Waals surface area contributed by atoms with Crippen LogP contribution >= 0.6 is 24.0 Å². The van der Waals surface area contributed by atoms with Gasteiger partial charge in [-0.25, -0.2) is 4.99 Å². The Kier molecular flexibility index (Phi) is 11.2. The van der Waals surface area contributed by atoms with Gasteiger partial charge in [-0.15, -0.1) is 24.0 Å². The van der Waals surface area contributed by atoms with Crippen LogP contribution in [0.5, 0.6) is 5.75 Å². The Balaban J connectivity index is 0.00000392. The summed E-state index contributed by atoms with van der Waals surface area (Å²) >= 11 is 0. The highest BCUT2D eigenvalue weighted by Crippen LogP contribution is 2.31. The molecule has 0 saturated carbocycles. The second-order valence-corrected chi connectivity index (χ2v) is 6.87. The van der Waals surface area contributed by atoms with Crippen LogP contribution in [0.3, 0.4) is 0 Å². The van der Waals surface area contributed by atoms with Crippen LogP contribution in [-0.2, 0) is 4.79 Å². The number of carbonyl (C=O) groups is 1. The number of likely N-dealkylation sites (tertiary alicyclic amines) is 1. The number of nitrogens with zero attached hydrogens (tertiary/aromatic N) is 3. The smallest absolute Gasteiger partial charge is 0.243 e. The fourth-order valence-electron chi connectivity index (χ4n) is 3.25. The molecular formula is C20H34IN5O2. The number of likely N-dealkylation sites (N-methyl/N-ethyl adjacent to an activating group) is 1. The summed E-state index contributed by atoms with van der Waals surface area (Å²) in [6.45, 7) is 5.75. The van der Waals surface area contributed by atoms with E-state index in [1.54, 1.807) is 26.1 Å². The maximum atomic E-state index is 11.8. The zero-order valence-corrected chi connectivity index (χ0v) is 19.7. The van der Waals surface area contributed by atoms with Gasteiger partial charge in [-0.05, 0) is 38.9 Å². The molecule has 1 unspecified atom stereocenters. The topological polar surface area (TPSA) is 69.2 Å². The second-order valence-electron chi connectivity index (χ2n) is 6.87. The predicted molar refractivity (Wildman–Crippen MR) is 125 cm³/mol. The first kappa shape index (κ1) is 24.5. The van der Waals surface area contributed by atoms with E-state index in [4.69, 9.17) is 4.74 Å². The number of para-hydroxylation sites is 1. The summed E-state index contributed by atoms with van der Waals surface area (Å²) in [6, 6.07) is 8.37. The Morgan fingerprint density at radius 3 is 2.54 bits per heavy atom. The molecule has 0 spiro atoms. The molecule has 0 aliphatic carbocycles. The maximum absolute atomic E-state index is 11.8. The molecule has 1 aromatic rings. The Morgan fingerprint density at radius 2 is 1.93 bits per heavy atom. The van der Waals surface area contributed by atoms with Crippen molar-refractivity contribution >= 4 is 35.8 Å². The van der Waals surface area contributed by atoms with E-state index in [2.05, 4.69) is 32.7 Å². The van der Waals surface area contributed by atoms with Gasteiger partial charge in [0.15, 0.2) is 5.96 Å². The Bertz CT molecular complexity index is 633. The normalized spacial score (nSPS) is 15.5. The zero-order chi connectivity index (χ0) is 19.6. The monoisotopic (exact) mass is 503 g/mol. The molecule has 0 bridgehead atoms. The molecule has 1 atom stereocenters. The van der Waals surface area contributed by atoms with Gasteiger partial charge in [0.05, 0.1) is 13.2 Å². The van der Waals surface area contributed by atoms with Gasteiger partial charge in [0.2, 0.25) is 5.91 Å². The van der Waals surface area contributed by atoms with Crippen molar-refractivity contribution in [1.29, 1.82) is 0 Å².